The van der Waals surface area contributed by atoms with Crippen molar-refractivity contribution in [2.45, 2.75) is 32.7 Å². The van der Waals surface area contributed by atoms with Crippen LogP contribution in [-0.2, 0) is 4.74 Å². The molecule has 2 heterocycles. The minimum absolute atomic E-state index is 0.0119. The van der Waals surface area contributed by atoms with E-state index < -0.39 is 0 Å². The van der Waals surface area contributed by atoms with Crippen molar-refractivity contribution in [3.05, 3.63) is 22.4 Å². The van der Waals surface area contributed by atoms with Gasteiger partial charge in [-0.05, 0) is 48.3 Å². The van der Waals surface area contributed by atoms with Crippen LogP contribution in [0, 0.1) is 5.41 Å². The third-order valence-electron chi connectivity index (χ3n) is 5.33. The van der Waals surface area contributed by atoms with Gasteiger partial charge in [0.1, 0.15) is 0 Å². The van der Waals surface area contributed by atoms with Gasteiger partial charge in [0.25, 0.3) is 0 Å². The lowest BCUT2D eigenvalue weighted by atomic mass is 9.84. The Morgan fingerprint density at radius 1 is 1.42 bits per heavy atom. The second kappa shape index (κ2) is 10.9. The first-order chi connectivity index (χ1) is 12.7. The summed E-state index contributed by atoms with van der Waals surface area (Å²) < 4.78 is 5.57. The highest BCUT2D eigenvalue weighted by Crippen LogP contribution is 2.31. The van der Waals surface area contributed by atoms with Crippen molar-refractivity contribution < 1.29 is 9.84 Å². The van der Waals surface area contributed by atoms with Crippen LogP contribution in [0.1, 0.15) is 38.3 Å². The van der Waals surface area contributed by atoms with E-state index in [1.165, 1.54) is 5.56 Å². The molecule has 26 heavy (non-hydrogen) atoms. The van der Waals surface area contributed by atoms with E-state index in [1.54, 1.807) is 18.4 Å². The highest BCUT2D eigenvalue weighted by atomic mass is 32.1. The molecule has 1 aliphatic rings. The van der Waals surface area contributed by atoms with E-state index in [4.69, 9.17) is 4.74 Å². The summed E-state index contributed by atoms with van der Waals surface area (Å²) in [5, 5.41) is 20.7. The predicted molar refractivity (Wildman–Crippen MR) is 109 cm³/mol. The molecule has 7 heteroatoms. The zero-order chi connectivity index (χ0) is 18.8. The number of hydrogen-bond donors (Lipinski definition) is 3. The summed E-state index contributed by atoms with van der Waals surface area (Å²) in [7, 11) is 1.80. The van der Waals surface area contributed by atoms with E-state index in [2.05, 4.69) is 51.2 Å². The number of guanidine groups is 1. The number of aliphatic hydroxyl groups is 1. The second-order valence-corrected chi connectivity index (χ2v) is 7.66. The Morgan fingerprint density at radius 2 is 2.23 bits per heavy atom. The van der Waals surface area contributed by atoms with Crippen molar-refractivity contribution in [2.24, 2.45) is 10.4 Å². The largest absolute Gasteiger partial charge is 0.396 e. The van der Waals surface area contributed by atoms with Crippen molar-refractivity contribution in [3.63, 3.8) is 0 Å². The summed E-state index contributed by atoms with van der Waals surface area (Å²) >= 11 is 1.74. The van der Waals surface area contributed by atoms with Gasteiger partial charge < -0.3 is 20.5 Å². The molecule has 2 unspecified atom stereocenters. The third-order valence-corrected chi connectivity index (χ3v) is 6.03. The molecule has 0 amide bonds. The van der Waals surface area contributed by atoms with Gasteiger partial charge in [0.15, 0.2) is 5.96 Å². The van der Waals surface area contributed by atoms with Gasteiger partial charge in [0.2, 0.25) is 0 Å². The Labute approximate surface area is 161 Å². The maximum atomic E-state index is 9.38. The van der Waals surface area contributed by atoms with Gasteiger partial charge in [-0.15, -0.1) is 0 Å². The normalized spacial score (nSPS) is 22.0. The summed E-state index contributed by atoms with van der Waals surface area (Å²) in [6.45, 7) is 9.68. The molecule has 0 aliphatic carbocycles. The molecule has 148 valence electrons. The van der Waals surface area contributed by atoms with Crippen molar-refractivity contribution >= 4 is 17.3 Å². The average molecular weight is 383 g/mol. The fourth-order valence-corrected chi connectivity index (χ4v) is 4.29. The zero-order valence-electron chi connectivity index (χ0n) is 16.3. The van der Waals surface area contributed by atoms with Crippen molar-refractivity contribution in [3.8, 4) is 0 Å². The molecule has 1 aromatic rings. The summed E-state index contributed by atoms with van der Waals surface area (Å²) in [6.07, 6.45) is 1.74. The fraction of sp³-hybridized carbons (Fsp3) is 0.737. The molecule has 1 aromatic heterocycles. The van der Waals surface area contributed by atoms with Crippen LogP contribution in [0.3, 0.4) is 0 Å². The average Bonchev–Trinajstić information content (AvgIpc) is 3.34. The summed E-state index contributed by atoms with van der Waals surface area (Å²) in [5.74, 6) is 0.807. The van der Waals surface area contributed by atoms with Crippen LogP contribution in [-0.4, -0.2) is 69.0 Å². The second-order valence-electron chi connectivity index (χ2n) is 6.88. The van der Waals surface area contributed by atoms with Gasteiger partial charge in [-0.1, -0.05) is 13.8 Å². The first-order valence-electron chi connectivity index (χ1n) is 9.57. The molecule has 0 spiro atoms. The number of thiophene rings is 1. The fourth-order valence-electron chi connectivity index (χ4n) is 3.58. The van der Waals surface area contributed by atoms with E-state index in [0.29, 0.717) is 12.6 Å². The van der Waals surface area contributed by atoms with Gasteiger partial charge in [-0.2, -0.15) is 11.3 Å². The van der Waals surface area contributed by atoms with Crippen LogP contribution in [0.5, 0.6) is 0 Å². The van der Waals surface area contributed by atoms with Crippen molar-refractivity contribution in [1.29, 1.82) is 0 Å². The number of likely N-dealkylation sites (N-methyl/N-ethyl adjacent to an activating group) is 1. The molecule has 0 aromatic carbocycles. The van der Waals surface area contributed by atoms with E-state index in [-0.39, 0.29) is 12.0 Å². The van der Waals surface area contributed by atoms with Crippen LogP contribution in [0.2, 0.25) is 0 Å². The molecule has 1 saturated heterocycles. The van der Waals surface area contributed by atoms with E-state index in [1.807, 2.05) is 0 Å². The maximum absolute atomic E-state index is 9.38. The lowest BCUT2D eigenvalue weighted by molar-refractivity contribution is 0.127. The van der Waals surface area contributed by atoms with Gasteiger partial charge >= 0.3 is 0 Å². The maximum Gasteiger partial charge on any atom is 0.191 e. The third kappa shape index (κ3) is 5.67. The lowest BCUT2D eigenvalue weighted by Gasteiger charge is -2.31. The van der Waals surface area contributed by atoms with Crippen LogP contribution in [0.4, 0.5) is 0 Å². The number of aliphatic hydroxyl groups excluding tert-OH is 1. The Bertz CT molecular complexity index is 526. The summed E-state index contributed by atoms with van der Waals surface area (Å²) in [5.41, 5.74) is 1.36. The highest BCUT2D eigenvalue weighted by molar-refractivity contribution is 7.07. The Hall–Kier alpha value is -1.15. The Morgan fingerprint density at radius 3 is 2.77 bits per heavy atom. The molecular formula is C19H34N4O2S. The van der Waals surface area contributed by atoms with Crippen LogP contribution in [0.25, 0.3) is 0 Å². The first kappa shape index (κ1) is 21.2. The number of nitrogens with one attached hydrogen (secondary N) is 2. The molecule has 0 radical (unpaired) electrons. The van der Waals surface area contributed by atoms with E-state index in [9.17, 15) is 5.11 Å². The SMILES string of the molecule is CCN(CC)C(CNC(=NC)NCC1(CCO)CCOC1)c1ccsc1. The zero-order valence-corrected chi connectivity index (χ0v) is 17.1. The minimum Gasteiger partial charge on any atom is -0.396 e. The first-order valence-corrected chi connectivity index (χ1v) is 10.5. The molecule has 6 nitrogen and oxygen atoms in total. The highest BCUT2D eigenvalue weighted by Gasteiger charge is 2.34. The summed E-state index contributed by atoms with van der Waals surface area (Å²) in [4.78, 5) is 6.84. The van der Waals surface area contributed by atoms with E-state index >= 15 is 0 Å². The molecule has 2 atom stereocenters. The van der Waals surface area contributed by atoms with Crippen LogP contribution >= 0.6 is 11.3 Å². The molecular weight excluding hydrogens is 348 g/mol. The van der Waals surface area contributed by atoms with Crippen molar-refractivity contribution in [1.82, 2.24) is 15.5 Å². The van der Waals surface area contributed by atoms with E-state index in [0.717, 1.165) is 51.6 Å². The quantitative estimate of drug-likeness (QED) is 0.427. The number of hydrogen-bond acceptors (Lipinski definition) is 5. The number of aliphatic imine (C=N–C) groups is 1. The predicted octanol–water partition coefficient (Wildman–Crippen LogP) is 2.09. The Balaban J connectivity index is 1.93. The van der Waals surface area contributed by atoms with Gasteiger partial charge in [-0.3, -0.25) is 9.89 Å². The van der Waals surface area contributed by atoms with Gasteiger partial charge in [0, 0.05) is 38.8 Å². The molecule has 2 rings (SSSR count). The molecule has 0 saturated carbocycles. The van der Waals surface area contributed by atoms with Gasteiger partial charge in [-0.25, -0.2) is 0 Å². The minimum atomic E-state index is 0.0119. The standard InChI is InChI=1S/C19H34N4O2S/c1-4-23(5-2)17(16-6-11-26-13-16)12-21-18(20-3)22-14-19(7-9-24)8-10-25-15-19/h6,11,13,17,24H,4-5,7-10,12,14-15H2,1-3H3,(H2,20,21,22). The monoisotopic (exact) mass is 382 g/mol. The molecule has 1 fully saturated rings. The molecule has 0 bridgehead atoms. The lowest BCUT2D eigenvalue weighted by Crippen LogP contribution is -2.47. The number of ether oxygens (including phenoxy) is 1. The smallest absolute Gasteiger partial charge is 0.191 e. The Kier molecular flexibility index (Phi) is 8.84. The van der Waals surface area contributed by atoms with Gasteiger partial charge in [0.05, 0.1) is 12.6 Å². The van der Waals surface area contributed by atoms with Crippen LogP contribution in [0.15, 0.2) is 21.8 Å². The van der Waals surface area contributed by atoms with Crippen molar-refractivity contribution in [2.75, 3.05) is 53.0 Å². The van der Waals surface area contributed by atoms with Crippen LogP contribution < -0.4 is 10.6 Å². The molecule has 3 N–H and O–H groups in total. The molecule has 1 aliphatic heterocycles. The summed E-state index contributed by atoms with van der Waals surface area (Å²) in [6, 6.07) is 2.54. The number of nitrogens with zero attached hydrogens (tertiary/aromatic N) is 2. The topological polar surface area (TPSA) is 69.1 Å². The number of rotatable bonds is 10.